The Morgan fingerprint density at radius 1 is 0.757 bits per heavy atom. The molecule has 3 heterocycles. The van der Waals surface area contributed by atoms with Crippen molar-refractivity contribution in [1.82, 2.24) is 14.4 Å². The molecule has 7 heteroatoms. The van der Waals surface area contributed by atoms with Gasteiger partial charge < -0.3 is 0 Å². The van der Waals surface area contributed by atoms with Crippen molar-refractivity contribution >= 4 is 60.2 Å². The number of hydrogen-bond donors (Lipinski definition) is 0. The van der Waals surface area contributed by atoms with Crippen molar-refractivity contribution in [1.29, 1.82) is 0 Å². The van der Waals surface area contributed by atoms with Gasteiger partial charge in [-0.2, -0.15) is 0 Å². The molecule has 37 heavy (non-hydrogen) atoms. The van der Waals surface area contributed by atoms with E-state index in [0.717, 1.165) is 26.3 Å². The molecule has 1 aliphatic carbocycles. The summed E-state index contributed by atoms with van der Waals surface area (Å²) in [6.07, 6.45) is 2.54. The van der Waals surface area contributed by atoms with Gasteiger partial charge in [0.05, 0.1) is 0 Å². The molecule has 0 atom stereocenters. The molecule has 0 radical (unpaired) electrons. The average Bonchev–Trinajstić information content (AvgIpc) is 3.57. The van der Waals surface area contributed by atoms with E-state index in [-0.39, 0.29) is 20.1 Å². The van der Waals surface area contributed by atoms with E-state index in [9.17, 15) is 14.4 Å². The molecular formula is C30H21N3O3Se. The number of amides is 4. The van der Waals surface area contributed by atoms with Crippen LogP contribution in [0.1, 0.15) is 14.4 Å². The van der Waals surface area contributed by atoms with Crippen LogP contribution in [0, 0.1) is 0 Å². The van der Waals surface area contributed by atoms with Crippen molar-refractivity contribution in [3.8, 4) is 16.8 Å². The first kappa shape index (κ1) is 22.0. The Labute approximate surface area is 218 Å². The van der Waals surface area contributed by atoms with Gasteiger partial charge in [0.2, 0.25) is 0 Å². The molecule has 1 aliphatic heterocycles. The first-order chi connectivity index (χ1) is 17.9. The van der Waals surface area contributed by atoms with Crippen molar-refractivity contribution in [2.45, 2.75) is 6.42 Å². The first-order valence-corrected chi connectivity index (χ1v) is 13.7. The number of fused-ring (bicyclic) bond motifs is 6. The van der Waals surface area contributed by atoms with Crippen molar-refractivity contribution in [3.05, 3.63) is 92.8 Å². The molecule has 1 saturated heterocycles. The zero-order chi connectivity index (χ0) is 25.4. The van der Waals surface area contributed by atoms with E-state index in [0.29, 0.717) is 0 Å². The molecule has 7 rings (SSSR count). The summed E-state index contributed by atoms with van der Waals surface area (Å²) in [5.41, 5.74) is 7.27. The summed E-state index contributed by atoms with van der Waals surface area (Å²) < 4.78 is 4.66. The summed E-state index contributed by atoms with van der Waals surface area (Å²) in [6, 6.07) is 25.2. The predicted octanol–water partition coefficient (Wildman–Crippen LogP) is 4.85. The molecular weight excluding hydrogens is 529 g/mol. The van der Waals surface area contributed by atoms with Gasteiger partial charge in [-0.3, -0.25) is 0 Å². The number of barbiturate groups is 1. The van der Waals surface area contributed by atoms with E-state index >= 15 is 0 Å². The van der Waals surface area contributed by atoms with Gasteiger partial charge in [-0.25, -0.2) is 0 Å². The number of nitrogens with zero attached hydrogens (tertiary/aromatic N) is 3. The quantitative estimate of drug-likeness (QED) is 0.176. The van der Waals surface area contributed by atoms with Gasteiger partial charge in [-0.15, -0.1) is 0 Å². The Hall–Kier alpha value is -4.19. The Morgan fingerprint density at radius 3 is 2.03 bits per heavy atom. The van der Waals surface area contributed by atoms with Crippen LogP contribution in [0.2, 0.25) is 0 Å². The number of hydrogen-bond acceptors (Lipinski definition) is 3. The zero-order valence-electron chi connectivity index (χ0n) is 20.2. The van der Waals surface area contributed by atoms with Crippen LogP contribution >= 0.6 is 0 Å². The van der Waals surface area contributed by atoms with Crippen LogP contribution < -0.4 is 0 Å². The molecule has 0 spiro atoms. The van der Waals surface area contributed by atoms with Gasteiger partial charge in [0.15, 0.2) is 0 Å². The molecule has 2 aromatic heterocycles. The molecule has 5 aromatic rings. The molecule has 1 fully saturated rings. The van der Waals surface area contributed by atoms with Gasteiger partial charge >= 0.3 is 219 Å². The Morgan fingerprint density at radius 2 is 1.38 bits per heavy atom. The van der Waals surface area contributed by atoms with Crippen molar-refractivity contribution in [3.63, 3.8) is 0 Å². The van der Waals surface area contributed by atoms with Crippen molar-refractivity contribution < 1.29 is 14.4 Å². The number of rotatable bonds is 2. The second-order valence-corrected chi connectivity index (χ2v) is 11.9. The molecule has 0 unspecified atom stereocenters. The average molecular weight is 550 g/mol. The molecule has 4 amide bonds. The Kier molecular flexibility index (Phi) is 4.71. The standard InChI is InChI=1S/C30H21N3O3Se/c1-31-28(34)24(29(35)32(2)30(31)36)16-19-15-23-20-12-11-18(13-17(20)14-27(23)37-19)33-25-9-5-3-7-21(25)22-8-4-6-10-26(22)33/h3-13,15-16H,14H2,1-2H3. The minimum absolute atomic E-state index is 0.00746. The molecule has 3 aromatic carbocycles. The molecule has 0 N–H and O–H groups in total. The van der Waals surface area contributed by atoms with Gasteiger partial charge in [0.25, 0.3) is 0 Å². The number of benzene rings is 3. The van der Waals surface area contributed by atoms with Crippen LogP contribution in [-0.2, 0) is 16.0 Å². The van der Waals surface area contributed by atoms with Gasteiger partial charge in [-0.05, 0) is 0 Å². The van der Waals surface area contributed by atoms with E-state index in [1.165, 1.54) is 57.0 Å². The minimum atomic E-state index is -0.605. The monoisotopic (exact) mass is 551 g/mol. The summed E-state index contributed by atoms with van der Waals surface area (Å²) in [6.45, 7) is 0. The maximum absolute atomic E-state index is 12.6. The van der Waals surface area contributed by atoms with Crippen LogP contribution in [0.25, 0.3) is 44.7 Å². The number of carbonyl (C=O) groups excluding carboxylic acids is 3. The van der Waals surface area contributed by atoms with E-state index < -0.39 is 17.8 Å². The predicted molar refractivity (Wildman–Crippen MR) is 145 cm³/mol. The van der Waals surface area contributed by atoms with Crippen LogP contribution in [-0.4, -0.2) is 60.8 Å². The zero-order valence-corrected chi connectivity index (χ0v) is 21.9. The Balaban J connectivity index is 1.29. The SMILES string of the molecule is CN1C(=O)C(=Cc2cc3c([se]2)Cc2cc(-n4c5ccccc5c5ccccc54)ccc2-3)C(=O)N(C)C1=O. The maximum atomic E-state index is 12.6. The summed E-state index contributed by atoms with van der Waals surface area (Å²) in [5, 5.41) is 2.49. The number of urea groups is 1. The topological polar surface area (TPSA) is 62.6 Å². The van der Waals surface area contributed by atoms with Gasteiger partial charge in [-0.1, -0.05) is 0 Å². The second-order valence-electron chi connectivity index (χ2n) is 9.44. The van der Waals surface area contributed by atoms with Crippen LogP contribution in [0.15, 0.2) is 78.4 Å². The van der Waals surface area contributed by atoms with Crippen molar-refractivity contribution in [2.24, 2.45) is 0 Å². The summed E-state index contributed by atoms with van der Waals surface area (Å²) in [4.78, 5) is 39.2. The fourth-order valence-electron chi connectivity index (χ4n) is 5.50. The van der Waals surface area contributed by atoms with E-state index in [1.807, 2.05) is 0 Å². The number of para-hydroxylation sites is 2. The molecule has 2 aliphatic rings. The first-order valence-electron chi connectivity index (χ1n) is 12.0. The van der Waals surface area contributed by atoms with Crippen LogP contribution in [0.5, 0.6) is 0 Å². The fourth-order valence-corrected chi connectivity index (χ4v) is 7.90. The third-order valence-electron chi connectivity index (χ3n) is 7.33. The molecule has 6 nitrogen and oxygen atoms in total. The van der Waals surface area contributed by atoms with E-state index in [2.05, 4.69) is 77.4 Å². The van der Waals surface area contributed by atoms with Gasteiger partial charge in [0.1, 0.15) is 0 Å². The Bertz CT molecular complexity index is 1780. The van der Waals surface area contributed by atoms with Crippen LogP contribution in [0.4, 0.5) is 4.79 Å². The number of aromatic nitrogens is 1. The van der Waals surface area contributed by atoms with E-state index in [1.54, 1.807) is 6.08 Å². The normalized spacial score (nSPS) is 15.2. The fraction of sp³-hybridized carbons (Fsp3) is 0.100. The summed E-state index contributed by atoms with van der Waals surface area (Å²) >= 11 is 0.00746. The number of imide groups is 2. The third-order valence-corrected chi connectivity index (χ3v) is 9.60. The second kappa shape index (κ2) is 7.90. The van der Waals surface area contributed by atoms with Gasteiger partial charge in [0, 0.05) is 0 Å². The van der Waals surface area contributed by atoms with E-state index in [4.69, 9.17) is 0 Å². The third kappa shape index (κ3) is 3.14. The van der Waals surface area contributed by atoms with Crippen molar-refractivity contribution in [2.75, 3.05) is 14.1 Å². The number of likely N-dealkylation sites (N-methyl/N-ethyl adjacent to an activating group) is 2. The summed E-state index contributed by atoms with van der Waals surface area (Å²) in [7, 11) is 2.80. The van der Waals surface area contributed by atoms with Crippen LogP contribution in [0.3, 0.4) is 0 Å². The molecule has 180 valence electrons. The summed E-state index contributed by atoms with van der Waals surface area (Å²) in [5.74, 6) is -1.10. The number of carbonyl (C=O) groups is 3. The molecule has 0 saturated carbocycles. The molecule has 0 bridgehead atoms.